The fourth-order valence-corrected chi connectivity index (χ4v) is 3.87. The molecule has 2 atom stereocenters. The number of aromatic nitrogens is 4. The average Bonchev–Trinajstić information content (AvgIpc) is 3.27. The van der Waals surface area contributed by atoms with E-state index in [1.54, 1.807) is 6.33 Å². The van der Waals surface area contributed by atoms with Crippen molar-refractivity contribution in [2.75, 3.05) is 38.2 Å². The van der Waals surface area contributed by atoms with Crippen molar-refractivity contribution in [1.29, 1.82) is 0 Å². The molecule has 2 aliphatic rings. The minimum Gasteiger partial charge on any atom is -0.373 e. The van der Waals surface area contributed by atoms with E-state index in [-0.39, 0.29) is 6.10 Å². The Morgan fingerprint density at radius 1 is 1.12 bits per heavy atom. The van der Waals surface area contributed by atoms with Gasteiger partial charge in [0.2, 0.25) is 0 Å². The molecule has 1 aromatic carbocycles. The van der Waals surface area contributed by atoms with E-state index in [4.69, 9.17) is 4.74 Å². The smallest absolute Gasteiger partial charge is 0.168 e. The summed E-state index contributed by atoms with van der Waals surface area (Å²) in [5, 5.41) is 5.53. The van der Waals surface area contributed by atoms with Crippen LogP contribution < -0.4 is 4.90 Å². The maximum absolute atomic E-state index is 5.96. The second-order valence-electron chi connectivity index (χ2n) is 6.69. The second-order valence-corrected chi connectivity index (χ2v) is 6.69. The summed E-state index contributed by atoms with van der Waals surface area (Å²) in [7, 11) is 2.17. The van der Waals surface area contributed by atoms with Crippen molar-refractivity contribution in [3.05, 3.63) is 42.9 Å². The van der Waals surface area contributed by atoms with Crippen LogP contribution in [0.2, 0.25) is 0 Å². The number of anilines is 1. The highest BCUT2D eigenvalue weighted by atomic mass is 16.5. The fraction of sp³-hybridized carbons (Fsp3) is 0.389. The molecule has 3 aromatic rings. The first-order valence-electron chi connectivity index (χ1n) is 8.62. The summed E-state index contributed by atoms with van der Waals surface area (Å²) in [4.78, 5) is 13.7. The van der Waals surface area contributed by atoms with Crippen molar-refractivity contribution in [2.24, 2.45) is 0 Å². The van der Waals surface area contributed by atoms with Crippen LogP contribution in [0.3, 0.4) is 0 Å². The zero-order valence-electron chi connectivity index (χ0n) is 14.1. The molecular formula is C18H20N6O. The molecule has 128 valence electrons. The Balaban J connectivity index is 1.54. The SMILES string of the molecule is CN1CCOC2CN(c3ncnc4c3cnn4-c3ccccc3)CC21. The van der Waals surface area contributed by atoms with Crippen molar-refractivity contribution in [1.82, 2.24) is 24.6 Å². The van der Waals surface area contributed by atoms with Crippen LogP contribution in [0.15, 0.2) is 42.9 Å². The molecule has 2 aliphatic heterocycles. The highest BCUT2D eigenvalue weighted by Crippen LogP contribution is 2.30. The zero-order valence-corrected chi connectivity index (χ0v) is 14.1. The van der Waals surface area contributed by atoms with E-state index in [0.717, 1.165) is 48.8 Å². The molecular weight excluding hydrogens is 316 g/mol. The predicted molar refractivity (Wildman–Crippen MR) is 95.0 cm³/mol. The van der Waals surface area contributed by atoms with E-state index in [2.05, 4.69) is 31.9 Å². The van der Waals surface area contributed by atoms with Crippen LogP contribution in [0, 0.1) is 0 Å². The summed E-state index contributed by atoms with van der Waals surface area (Å²) >= 11 is 0. The summed E-state index contributed by atoms with van der Waals surface area (Å²) in [5.74, 6) is 0.943. The molecule has 0 aliphatic carbocycles. The molecule has 0 spiro atoms. The van der Waals surface area contributed by atoms with Gasteiger partial charge in [-0.2, -0.15) is 5.10 Å². The van der Waals surface area contributed by atoms with Crippen LogP contribution >= 0.6 is 0 Å². The van der Waals surface area contributed by atoms with Crippen LogP contribution in [0.4, 0.5) is 5.82 Å². The summed E-state index contributed by atoms with van der Waals surface area (Å²) in [5.41, 5.74) is 1.83. The molecule has 0 saturated carbocycles. The number of nitrogens with zero attached hydrogens (tertiary/aromatic N) is 6. The Bertz CT molecular complexity index is 895. The van der Waals surface area contributed by atoms with Crippen LogP contribution in [0.5, 0.6) is 0 Å². The minimum atomic E-state index is 0.243. The van der Waals surface area contributed by atoms with Gasteiger partial charge in [0.25, 0.3) is 0 Å². The number of para-hydroxylation sites is 1. The summed E-state index contributed by atoms with van der Waals surface area (Å²) < 4.78 is 7.83. The third kappa shape index (κ3) is 2.39. The van der Waals surface area contributed by atoms with E-state index in [0.29, 0.717) is 6.04 Å². The summed E-state index contributed by atoms with van der Waals surface area (Å²) in [6.45, 7) is 3.57. The second kappa shape index (κ2) is 5.79. The first-order valence-corrected chi connectivity index (χ1v) is 8.62. The van der Waals surface area contributed by atoms with Crippen molar-refractivity contribution in [2.45, 2.75) is 12.1 Å². The molecule has 7 nitrogen and oxygen atoms in total. The third-order valence-corrected chi connectivity index (χ3v) is 5.22. The van der Waals surface area contributed by atoms with Gasteiger partial charge < -0.3 is 9.64 Å². The Hall–Kier alpha value is -2.51. The lowest BCUT2D eigenvalue weighted by atomic mass is 10.1. The van der Waals surface area contributed by atoms with Gasteiger partial charge in [0, 0.05) is 19.6 Å². The molecule has 7 heteroatoms. The molecule has 0 radical (unpaired) electrons. The van der Waals surface area contributed by atoms with Crippen LogP contribution in [0.1, 0.15) is 0 Å². The van der Waals surface area contributed by atoms with Gasteiger partial charge in [-0.05, 0) is 19.2 Å². The number of hydrogen-bond acceptors (Lipinski definition) is 6. The molecule has 2 saturated heterocycles. The number of fused-ring (bicyclic) bond motifs is 2. The Labute approximate surface area is 145 Å². The molecule has 2 aromatic heterocycles. The molecule has 4 heterocycles. The van der Waals surface area contributed by atoms with Gasteiger partial charge in [-0.15, -0.1) is 0 Å². The van der Waals surface area contributed by atoms with Crippen molar-refractivity contribution >= 4 is 16.9 Å². The molecule has 0 amide bonds. The van der Waals surface area contributed by atoms with Crippen molar-refractivity contribution in [3.63, 3.8) is 0 Å². The normalized spacial score (nSPS) is 24.0. The number of rotatable bonds is 2. The van der Waals surface area contributed by atoms with Gasteiger partial charge in [0.15, 0.2) is 5.65 Å². The van der Waals surface area contributed by atoms with Gasteiger partial charge in [-0.1, -0.05) is 18.2 Å². The van der Waals surface area contributed by atoms with Gasteiger partial charge in [0.1, 0.15) is 12.1 Å². The van der Waals surface area contributed by atoms with Gasteiger partial charge in [-0.3, -0.25) is 4.90 Å². The highest BCUT2D eigenvalue weighted by molar-refractivity contribution is 5.87. The first kappa shape index (κ1) is 14.8. The van der Waals surface area contributed by atoms with Gasteiger partial charge >= 0.3 is 0 Å². The van der Waals surface area contributed by atoms with Crippen LogP contribution in [0.25, 0.3) is 16.7 Å². The van der Waals surface area contributed by atoms with Gasteiger partial charge in [-0.25, -0.2) is 14.6 Å². The van der Waals surface area contributed by atoms with Crippen molar-refractivity contribution < 1.29 is 4.74 Å². The molecule has 0 bridgehead atoms. The lowest BCUT2D eigenvalue weighted by molar-refractivity contribution is -0.0362. The van der Waals surface area contributed by atoms with E-state index in [9.17, 15) is 0 Å². The fourth-order valence-electron chi connectivity index (χ4n) is 3.87. The van der Waals surface area contributed by atoms with Crippen molar-refractivity contribution in [3.8, 4) is 5.69 Å². The van der Waals surface area contributed by atoms with E-state index >= 15 is 0 Å². The highest BCUT2D eigenvalue weighted by Gasteiger charge is 2.39. The maximum Gasteiger partial charge on any atom is 0.168 e. The quantitative estimate of drug-likeness (QED) is 0.704. The monoisotopic (exact) mass is 336 g/mol. The molecule has 2 unspecified atom stereocenters. The summed E-state index contributed by atoms with van der Waals surface area (Å²) in [6.07, 6.45) is 3.74. The lowest BCUT2D eigenvalue weighted by Gasteiger charge is -2.33. The Morgan fingerprint density at radius 3 is 2.84 bits per heavy atom. The molecule has 2 fully saturated rings. The molecule has 25 heavy (non-hydrogen) atoms. The standard InChI is InChI=1S/C18H20N6O/c1-22-7-8-25-16-11-23(10-15(16)22)17-14-9-21-24(18(14)20-12-19-17)13-5-3-2-4-6-13/h2-6,9,12,15-16H,7-8,10-11H2,1H3. The minimum absolute atomic E-state index is 0.243. The summed E-state index contributed by atoms with van der Waals surface area (Å²) in [6, 6.07) is 10.5. The van der Waals surface area contributed by atoms with E-state index in [1.165, 1.54) is 0 Å². The third-order valence-electron chi connectivity index (χ3n) is 5.22. The van der Waals surface area contributed by atoms with Crippen LogP contribution in [-0.4, -0.2) is 70.1 Å². The number of hydrogen-bond donors (Lipinski definition) is 0. The predicted octanol–water partition coefficient (Wildman–Crippen LogP) is 1.33. The zero-order chi connectivity index (χ0) is 16.8. The van der Waals surface area contributed by atoms with Gasteiger partial charge in [0.05, 0.1) is 36.0 Å². The largest absolute Gasteiger partial charge is 0.373 e. The molecule has 0 N–H and O–H groups in total. The van der Waals surface area contributed by atoms with E-state index in [1.807, 2.05) is 41.2 Å². The molecule has 5 rings (SSSR count). The average molecular weight is 336 g/mol. The van der Waals surface area contributed by atoms with Crippen LogP contribution in [-0.2, 0) is 4.74 Å². The number of benzene rings is 1. The Kier molecular flexibility index (Phi) is 3.43. The number of ether oxygens (including phenoxy) is 1. The Morgan fingerprint density at radius 2 is 2.00 bits per heavy atom. The maximum atomic E-state index is 5.96. The number of morpholine rings is 1. The first-order chi connectivity index (χ1) is 12.3. The lowest BCUT2D eigenvalue weighted by Crippen LogP contribution is -2.48. The topological polar surface area (TPSA) is 59.3 Å². The van der Waals surface area contributed by atoms with E-state index < -0.39 is 0 Å². The number of likely N-dealkylation sites (N-methyl/N-ethyl adjacent to an activating group) is 1.